The van der Waals surface area contributed by atoms with E-state index in [1.807, 2.05) is 4.90 Å². The quantitative estimate of drug-likeness (QED) is 0.835. The fourth-order valence-electron chi connectivity index (χ4n) is 3.20. The van der Waals surface area contributed by atoms with Gasteiger partial charge < -0.3 is 18.8 Å². The van der Waals surface area contributed by atoms with Crippen LogP contribution in [0, 0.1) is 5.41 Å². The van der Waals surface area contributed by atoms with Crippen molar-refractivity contribution >= 4 is 5.91 Å². The summed E-state index contributed by atoms with van der Waals surface area (Å²) in [6.45, 7) is 2.96. The number of oxazole rings is 1. The number of piperidine rings is 1. The number of amides is 1. The third-order valence-corrected chi connectivity index (χ3v) is 4.40. The minimum Gasteiger partial charge on any atom is -0.451 e. The van der Waals surface area contributed by atoms with Crippen LogP contribution in [0.2, 0.25) is 0 Å². The van der Waals surface area contributed by atoms with E-state index in [1.54, 1.807) is 7.11 Å². The summed E-state index contributed by atoms with van der Waals surface area (Å²) in [5.74, 6) is -0.0408. The number of ether oxygens (including phenoxy) is 2. The van der Waals surface area contributed by atoms with Crippen molar-refractivity contribution < 1.29 is 18.7 Å². The maximum Gasteiger partial charge on any atom is 0.275 e. The zero-order valence-corrected chi connectivity index (χ0v) is 11.7. The van der Waals surface area contributed by atoms with E-state index in [0.29, 0.717) is 12.3 Å². The summed E-state index contributed by atoms with van der Waals surface area (Å²) < 4.78 is 15.8. The number of carbonyl (C=O) groups is 1. The van der Waals surface area contributed by atoms with Gasteiger partial charge in [0.15, 0.2) is 12.1 Å². The van der Waals surface area contributed by atoms with Crippen LogP contribution in [0.25, 0.3) is 0 Å². The van der Waals surface area contributed by atoms with Gasteiger partial charge in [0.2, 0.25) is 0 Å². The summed E-state index contributed by atoms with van der Waals surface area (Å²) in [6, 6.07) is 0. The van der Waals surface area contributed by atoms with E-state index in [2.05, 4.69) is 4.98 Å². The minimum absolute atomic E-state index is 0.0408. The lowest BCUT2D eigenvalue weighted by Crippen LogP contribution is -2.43. The minimum atomic E-state index is -0.0408. The average molecular weight is 280 g/mol. The maximum absolute atomic E-state index is 12.2. The molecule has 20 heavy (non-hydrogen) atoms. The Morgan fingerprint density at radius 2 is 2.35 bits per heavy atom. The molecule has 6 nitrogen and oxygen atoms in total. The van der Waals surface area contributed by atoms with Crippen LogP contribution in [-0.4, -0.2) is 55.3 Å². The molecule has 0 N–H and O–H groups in total. The van der Waals surface area contributed by atoms with Crippen LogP contribution in [0.3, 0.4) is 0 Å². The molecule has 3 heterocycles. The first kappa shape index (κ1) is 13.6. The van der Waals surface area contributed by atoms with Crippen LogP contribution < -0.4 is 0 Å². The second-order valence-corrected chi connectivity index (χ2v) is 5.76. The van der Waals surface area contributed by atoms with Gasteiger partial charge in [0.05, 0.1) is 19.3 Å². The van der Waals surface area contributed by atoms with Gasteiger partial charge in [0, 0.05) is 20.2 Å². The Balaban J connectivity index is 1.56. The van der Waals surface area contributed by atoms with Crippen LogP contribution in [0.1, 0.15) is 29.8 Å². The molecule has 0 radical (unpaired) electrons. The predicted molar refractivity (Wildman–Crippen MR) is 70.3 cm³/mol. The first-order valence-electron chi connectivity index (χ1n) is 7.00. The Labute approximate surface area is 118 Å². The summed E-state index contributed by atoms with van der Waals surface area (Å²) in [5.41, 5.74) is 0.616. The number of carbonyl (C=O) groups excluding carboxylic acids is 1. The largest absolute Gasteiger partial charge is 0.451 e. The molecule has 1 amide bonds. The van der Waals surface area contributed by atoms with Gasteiger partial charge in [-0.15, -0.1) is 0 Å². The fraction of sp³-hybridized carbons (Fsp3) is 0.714. The topological polar surface area (TPSA) is 64.8 Å². The molecule has 110 valence electrons. The van der Waals surface area contributed by atoms with Crippen molar-refractivity contribution in [2.75, 3.05) is 33.4 Å². The van der Waals surface area contributed by atoms with Crippen molar-refractivity contribution in [2.24, 2.45) is 5.41 Å². The molecule has 2 saturated heterocycles. The first-order valence-corrected chi connectivity index (χ1v) is 7.00. The molecule has 0 saturated carbocycles. The summed E-state index contributed by atoms with van der Waals surface area (Å²) >= 11 is 0. The Kier molecular flexibility index (Phi) is 3.76. The number of likely N-dealkylation sites (tertiary alicyclic amines) is 1. The van der Waals surface area contributed by atoms with Crippen LogP contribution in [0.15, 0.2) is 17.1 Å². The maximum atomic E-state index is 12.2. The second-order valence-electron chi connectivity index (χ2n) is 5.76. The van der Waals surface area contributed by atoms with Crippen LogP contribution in [0.5, 0.6) is 0 Å². The molecule has 6 heteroatoms. The Morgan fingerprint density at radius 1 is 1.55 bits per heavy atom. The fourth-order valence-corrected chi connectivity index (χ4v) is 3.20. The molecule has 2 aliphatic rings. The highest BCUT2D eigenvalue weighted by Crippen LogP contribution is 2.42. The molecule has 1 spiro atoms. The molecule has 1 aromatic heterocycles. The van der Waals surface area contributed by atoms with Crippen molar-refractivity contribution in [3.05, 3.63) is 18.4 Å². The van der Waals surface area contributed by atoms with E-state index in [4.69, 9.17) is 13.9 Å². The van der Waals surface area contributed by atoms with E-state index in [9.17, 15) is 4.79 Å². The molecule has 1 atom stereocenters. The number of hydrogen-bond donors (Lipinski definition) is 0. The molecule has 2 aliphatic heterocycles. The van der Waals surface area contributed by atoms with Crippen LogP contribution in [-0.2, 0) is 9.47 Å². The van der Waals surface area contributed by atoms with Gasteiger partial charge in [-0.25, -0.2) is 4.98 Å². The van der Waals surface area contributed by atoms with Gasteiger partial charge >= 0.3 is 0 Å². The normalized spacial score (nSPS) is 25.2. The molecule has 1 aromatic rings. The monoisotopic (exact) mass is 280 g/mol. The van der Waals surface area contributed by atoms with Crippen molar-refractivity contribution in [2.45, 2.75) is 25.4 Å². The molecule has 2 fully saturated rings. The lowest BCUT2D eigenvalue weighted by Gasteiger charge is -2.38. The zero-order valence-electron chi connectivity index (χ0n) is 11.7. The smallest absolute Gasteiger partial charge is 0.275 e. The third-order valence-electron chi connectivity index (χ3n) is 4.40. The molecule has 0 unspecified atom stereocenters. The highest BCUT2D eigenvalue weighted by Gasteiger charge is 2.43. The summed E-state index contributed by atoms with van der Waals surface area (Å²) in [5, 5.41) is 0. The summed E-state index contributed by atoms with van der Waals surface area (Å²) in [6.07, 6.45) is 5.90. The molecule has 3 rings (SSSR count). The van der Waals surface area contributed by atoms with Gasteiger partial charge in [0.1, 0.15) is 6.26 Å². The molecule has 0 aromatic carbocycles. The van der Waals surface area contributed by atoms with Crippen LogP contribution in [0.4, 0.5) is 0 Å². The Hall–Kier alpha value is -1.40. The van der Waals surface area contributed by atoms with E-state index >= 15 is 0 Å². The van der Waals surface area contributed by atoms with Gasteiger partial charge in [-0.3, -0.25) is 4.79 Å². The van der Waals surface area contributed by atoms with Crippen molar-refractivity contribution in [1.29, 1.82) is 0 Å². The van der Waals surface area contributed by atoms with Crippen molar-refractivity contribution in [3.8, 4) is 0 Å². The van der Waals surface area contributed by atoms with Gasteiger partial charge in [-0.2, -0.15) is 0 Å². The Bertz CT molecular complexity index is 452. The van der Waals surface area contributed by atoms with E-state index < -0.39 is 0 Å². The van der Waals surface area contributed by atoms with Gasteiger partial charge in [-0.1, -0.05) is 0 Å². The average Bonchev–Trinajstić information content (AvgIpc) is 3.10. The standard InChI is InChI=1S/C14H20N2O4/c1-18-7-11-6-14(9-20-11)2-4-16(5-3-14)13(17)12-8-19-10-15-12/h8,10-11H,2-7,9H2,1H3/t11-/m1/s1. The number of rotatable bonds is 3. The van der Waals surface area contributed by atoms with Crippen LogP contribution >= 0.6 is 0 Å². The van der Waals surface area contributed by atoms with E-state index in [1.165, 1.54) is 12.7 Å². The van der Waals surface area contributed by atoms with Gasteiger partial charge in [0.25, 0.3) is 5.91 Å². The SMILES string of the molecule is COC[C@H]1CC2(CCN(C(=O)c3cocn3)CC2)CO1. The molecular formula is C14H20N2O4. The Morgan fingerprint density at radius 3 is 3.00 bits per heavy atom. The summed E-state index contributed by atoms with van der Waals surface area (Å²) in [4.78, 5) is 18.0. The predicted octanol–water partition coefficient (Wildman–Crippen LogP) is 1.33. The highest BCUT2D eigenvalue weighted by atomic mass is 16.5. The van der Waals surface area contributed by atoms with E-state index in [-0.39, 0.29) is 17.4 Å². The third kappa shape index (κ3) is 2.58. The second kappa shape index (κ2) is 5.54. The number of nitrogens with zero attached hydrogens (tertiary/aromatic N) is 2. The number of methoxy groups -OCH3 is 1. The highest BCUT2D eigenvalue weighted by molar-refractivity contribution is 5.91. The molecule has 0 bridgehead atoms. The lowest BCUT2D eigenvalue weighted by molar-refractivity contribution is 0.0280. The first-order chi connectivity index (χ1) is 9.72. The van der Waals surface area contributed by atoms with Gasteiger partial charge in [-0.05, 0) is 24.7 Å². The summed E-state index contributed by atoms with van der Waals surface area (Å²) in [7, 11) is 1.70. The zero-order chi connectivity index (χ0) is 14.0. The molecule has 0 aliphatic carbocycles. The van der Waals surface area contributed by atoms with E-state index in [0.717, 1.165) is 39.0 Å². The van der Waals surface area contributed by atoms with Crippen molar-refractivity contribution in [3.63, 3.8) is 0 Å². The number of hydrogen-bond acceptors (Lipinski definition) is 5. The van der Waals surface area contributed by atoms with Crippen molar-refractivity contribution in [1.82, 2.24) is 9.88 Å². The molecular weight excluding hydrogens is 260 g/mol. The number of aromatic nitrogens is 1. The lowest BCUT2D eigenvalue weighted by atomic mass is 9.76.